The Morgan fingerprint density at radius 2 is 1.94 bits per heavy atom. The first-order chi connectivity index (χ1) is 8.10. The zero-order chi connectivity index (χ0) is 12.7. The van der Waals surface area contributed by atoms with E-state index in [1.807, 2.05) is 0 Å². The van der Waals surface area contributed by atoms with Gasteiger partial charge in [-0.2, -0.15) is 0 Å². The van der Waals surface area contributed by atoms with Crippen molar-refractivity contribution in [1.29, 1.82) is 0 Å². The Morgan fingerprint density at radius 3 is 2.47 bits per heavy atom. The average Bonchev–Trinajstić information content (AvgIpc) is 2.35. The van der Waals surface area contributed by atoms with Crippen molar-refractivity contribution in [2.45, 2.75) is 31.1 Å². The third kappa shape index (κ3) is 4.25. The van der Waals surface area contributed by atoms with E-state index >= 15 is 0 Å². The summed E-state index contributed by atoms with van der Waals surface area (Å²) >= 11 is 0. The summed E-state index contributed by atoms with van der Waals surface area (Å²) in [5.41, 5.74) is 2.23. The fraction of sp³-hybridized carbons (Fsp3) is 0.556. The van der Waals surface area contributed by atoms with Crippen LogP contribution in [-0.4, -0.2) is 24.9 Å². The number of anilines is 1. The van der Waals surface area contributed by atoms with E-state index in [0.29, 0.717) is 6.54 Å². The number of rotatable bonds is 7. The Labute approximate surface area is 101 Å². The molecule has 0 amide bonds. The first-order valence-electron chi connectivity index (χ1n) is 5.38. The lowest BCUT2D eigenvalue weighted by atomic mass is 10.3. The van der Waals surface area contributed by atoms with Crippen LogP contribution in [0.1, 0.15) is 26.2 Å². The molecule has 4 N–H and O–H groups in total. The molecule has 96 valence electrons. The van der Waals surface area contributed by atoms with Crippen molar-refractivity contribution in [3.8, 4) is 0 Å². The predicted molar refractivity (Wildman–Crippen MR) is 64.6 cm³/mol. The van der Waals surface area contributed by atoms with E-state index in [-0.39, 0.29) is 10.8 Å². The maximum Gasteiger partial charge on any atom is 0.243 e. The van der Waals surface area contributed by atoms with Crippen LogP contribution in [0.5, 0.6) is 0 Å². The SMILES string of the molecule is CCCCCNS(=O)(=O)c1cnc(NN)nc1. The van der Waals surface area contributed by atoms with Gasteiger partial charge in [0.15, 0.2) is 0 Å². The zero-order valence-corrected chi connectivity index (χ0v) is 10.5. The van der Waals surface area contributed by atoms with Crippen molar-refractivity contribution in [2.75, 3.05) is 12.0 Å². The van der Waals surface area contributed by atoms with Crippen LogP contribution >= 0.6 is 0 Å². The maximum atomic E-state index is 11.8. The highest BCUT2D eigenvalue weighted by atomic mass is 32.2. The van der Waals surface area contributed by atoms with Gasteiger partial charge in [-0.15, -0.1) is 0 Å². The van der Waals surface area contributed by atoms with Gasteiger partial charge >= 0.3 is 0 Å². The lowest BCUT2D eigenvalue weighted by molar-refractivity contribution is 0.575. The molecule has 1 aromatic rings. The Hall–Kier alpha value is -1.25. The molecule has 7 nitrogen and oxygen atoms in total. The van der Waals surface area contributed by atoms with Crippen LogP contribution in [0.4, 0.5) is 5.95 Å². The van der Waals surface area contributed by atoms with Crippen molar-refractivity contribution in [2.24, 2.45) is 5.84 Å². The molecule has 8 heteroatoms. The normalized spacial score (nSPS) is 11.4. The number of nitrogens with one attached hydrogen (secondary N) is 2. The van der Waals surface area contributed by atoms with Gasteiger partial charge in [-0.1, -0.05) is 19.8 Å². The van der Waals surface area contributed by atoms with E-state index in [2.05, 4.69) is 27.0 Å². The lowest BCUT2D eigenvalue weighted by Gasteiger charge is -2.06. The van der Waals surface area contributed by atoms with Gasteiger partial charge in [0.25, 0.3) is 0 Å². The van der Waals surface area contributed by atoms with E-state index in [4.69, 9.17) is 5.84 Å². The maximum absolute atomic E-state index is 11.8. The number of unbranched alkanes of at least 4 members (excludes halogenated alkanes) is 2. The highest BCUT2D eigenvalue weighted by Crippen LogP contribution is 2.06. The second kappa shape index (κ2) is 6.48. The van der Waals surface area contributed by atoms with E-state index < -0.39 is 10.0 Å². The fourth-order valence-corrected chi connectivity index (χ4v) is 2.16. The monoisotopic (exact) mass is 259 g/mol. The van der Waals surface area contributed by atoms with E-state index in [9.17, 15) is 8.42 Å². The first kappa shape index (κ1) is 13.8. The van der Waals surface area contributed by atoms with E-state index in [1.165, 1.54) is 12.4 Å². The molecule has 0 aliphatic heterocycles. The van der Waals surface area contributed by atoms with Crippen molar-refractivity contribution >= 4 is 16.0 Å². The van der Waals surface area contributed by atoms with Crippen LogP contribution < -0.4 is 16.0 Å². The second-order valence-electron chi connectivity index (χ2n) is 3.49. The van der Waals surface area contributed by atoms with Crippen LogP contribution in [0.2, 0.25) is 0 Å². The zero-order valence-electron chi connectivity index (χ0n) is 9.68. The van der Waals surface area contributed by atoms with Crippen molar-refractivity contribution in [3.05, 3.63) is 12.4 Å². The fourth-order valence-electron chi connectivity index (χ4n) is 1.19. The van der Waals surface area contributed by atoms with Gasteiger partial charge in [0, 0.05) is 6.54 Å². The van der Waals surface area contributed by atoms with Gasteiger partial charge in [0.1, 0.15) is 4.90 Å². The smallest absolute Gasteiger partial charge is 0.243 e. The highest BCUT2D eigenvalue weighted by Gasteiger charge is 2.14. The summed E-state index contributed by atoms with van der Waals surface area (Å²) in [6, 6.07) is 0. The standard InChI is InChI=1S/C9H17N5O2S/c1-2-3-4-5-13-17(15,16)8-6-11-9(14-10)12-7-8/h6-7,13H,2-5,10H2,1H3,(H,11,12,14). The van der Waals surface area contributed by atoms with E-state index in [1.54, 1.807) is 0 Å². The predicted octanol–water partition coefficient (Wildman–Crippen LogP) is 0.231. The summed E-state index contributed by atoms with van der Waals surface area (Å²) in [5, 5.41) is 0. The molecule has 0 atom stereocenters. The number of hydrazine groups is 1. The molecule has 1 aromatic heterocycles. The van der Waals surface area contributed by atoms with Gasteiger partial charge in [-0.3, -0.25) is 5.43 Å². The van der Waals surface area contributed by atoms with Gasteiger partial charge in [0.2, 0.25) is 16.0 Å². The van der Waals surface area contributed by atoms with E-state index in [0.717, 1.165) is 19.3 Å². The van der Waals surface area contributed by atoms with Crippen LogP contribution in [0.3, 0.4) is 0 Å². The van der Waals surface area contributed by atoms with Crippen LogP contribution in [-0.2, 0) is 10.0 Å². The Bertz CT molecular complexity index is 431. The lowest BCUT2D eigenvalue weighted by Crippen LogP contribution is -2.25. The highest BCUT2D eigenvalue weighted by molar-refractivity contribution is 7.89. The summed E-state index contributed by atoms with van der Waals surface area (Å²) in [4.78, 5) is 7.52. The summed E-state index contributed by atoms with van der Waals surface area (Å²) < 4.78 is 26.0. The molecular weight excluding hydrogens is 242 g/mol. The molecule has 0 unspecified atom stereocenters. The van der Waals surface area contributed by atoms with Crippen molar-refractivity contribution < 1.29 is 8.42 Å². The summed E-state index contributed by atoms with van der Waals surface area (Å²) in [7, 11) is -3.51. The molecule has 1 heterocycles. The molecule has 0 spiro atoms. The van der Waals surface area contributed by atoms with Crippen LogP contribution in [0.25, 0.3) is 0 Å². The minimum Gasteiger partial charge on any atom is -0.292 e. The second-order valence-corrected chi connectivity index (χ2v) is 5.26. The molecule has 0 fully saturated rings. The number of aromatic nitrogens is 2. The number of nitrogens with zero attached hydrogens (tertiary/aromatic N) is 2. The summed E-state index contributed by atoms with van der Waals surface area (Å²) in [5.74, 6) is 5.26. The Balaban J connectivity index is 2.62. The number of nitrogens with two attached hydrogens (primary N) is 1. The number of sulfonamides is 1. The third-order valence-electron chi connectivity index (χ3n) is 2.14. The molecule has 1 rings (SSSR count). The summed E-state index contributed by atoms with van der Waals surface area (Å²) in [6.45, 7) is 2.48. The van der Waals surface area contributed by atoms with Crippen molar-refractivity contribution in [3.63, 3.8) is 0 Å². The summed E-state index contributed by atoms with van der Waals surface area (Å²) in [6.07, 6.45) is 5.28. The molecule has 0 aliphatic rings. The molecule has 0 aromatic carbocycles. The third-order valence-corrected chi connectivity index (χ3v) is 3.56. The van der Waals surface area contributed by atoms with Crippen LogP contribution in [0, 0.1) is 0 Å². The van der Waals surface area contributed by atoms with Gasteiger partial charge in [-0.05, 0) is 6.42 Å². The number of nitrogen functional groups attached to an aromatic ring is 1. The molecule has 0 radical (unpaired) electrons. The quantitative estimate of drug-likeness (QED) is 0.367. The number of hydrogen-bond acceptors (Lipinski definition) is 6. The van der Waals surface area contributed by atoms with Gasteiger partial charge in [0.05, 0.1) is 12.4 Å². The van der Waals surface area contributed by atoms with Gasteiger partial charge < -0.3 is 0 Å². The minimum atomic E-state index is -3.51. The Morgan fingerprint density at radius 1 is 1.29 bits per heavy atom. The minimum absolute atomic E-state index is 0.0352. The first-order valence-corrected chi connectivity index (χ1v) is 6.87. The molecule has 0 bridgehead atoms. The van der Waals surface area contributed by atoms with Crippen LogP contribution in [0.15, 0.2) is 17.3 Å². The molecule has 17 heavy (non-hydrogen) atoms. The largest absolute Gasteiger partial charge is 0.292 e. The topological polar surface area (TPSA) is 110 Å². The Kier molecular flexibility index (Phi) is 5.26. The molecule has 0 aliphatic carbocycles. The molecular formula is C9H17N5O2S. The molecule has 0 saturated carbocycles. The van der Waals surface area contributed by atoms with Crippen molar-refractivity contribution in [1.82, 2.24) is 14.7 Å². The average molecular weight is 259 g/mol. The number of hydrogen-bond donors (Lipinski definition) is 3. The van der Waals surface area contributed by atoms with Gasteiger partial charge in [-0.25, -0.2) is 29.0 Å². The molecule has 0 saturated heterocycles.